The summed E-state index contributed by atoms with van der Waals surface area (Å²) >= 11 is 3.19. The van der Waals surface area contributed by atoms with E-state index in [1.54, 1.807) is 29.8 Å². The number of carboxylic acids is 1. The molecule has 0 aliphatic heterocycles. The first-order valence-corrected chi connectivity index (χ1v) is 7.96. The average molecular weight is 388 g/mol. The van der Waals surface area contributed by atoms with Crippen molar-refractivity contribution in [2.75, 3.05) is 7.11 Å². The normalized spacial score (nSPS) is 10.8. The quantitative estimate of drug-likeness (QED) is 0.688. The number of fused-ring (bicyclic) bond motifs is 1. The molecular weight excluding hydrogens is 374 g/mol. The lowest BCUT2D eigenvalue weighted by atomic mass is 10.0. The zero-order valence-corrected chi connectivity index (χ0v) is 14.6. The Bertz CT molecular complexity index is 975. The number of ketones is 1. The number of ether oxygens (including phenoxy) is 1. The minimum absolute atomic E-state index is 0.0475. The molecule has 0 unspecified atom stereocenters. The Morgan fingerprint density at radius 3 is 2.62 bits per heavy atom. The second kappa shape index (κ2) is 6.13. The smallest absolute Gasteiger partial charge is 0.336 e. The second-order valence-corrected chi connectivity index (χ2v) is 6.15. The third-order valence-corrected chi connectivity index (χ3v) is 4.60. The largest absolute Gasteiger partial charge is 0.494 e. The van der Waals surface area contributed by atoms with Crippen molar-refractivity contribution in [1.82, 2.24) is 4.40 Å². The molecule has 0 radical (unpaired) electrons. The summed E-state index contributed by atoms with van der Waals surface area (Å²) in [6.45, 7) is 1.82. The summed E-state index contributed by atoms with van der Waals surface area (Å²) in [4.78, 5) is 24.3. The highest BCUT2D eigenvalue weighted by Crippen LogP contribution is 2.32. The van der Waals surface area contributed by atoms with Crippen LogP contribution in [0.3, 0.4) is 0 Å². The molecule has 0 fully saturated rings. The third kappa shape index (κ3) is 2.49. The van der Waals surface area contributed by atoms with Crippen molar-refractivity contribution in [2.24, 2.45) is 0 Å². The molecule has 122 valence electrons. The van der Waals surface area contributed by atoms with E-state index in [2.05, 4.69) is 15.9 Å². The van der Waals surface area contributed by atoms with Crippen molar-refractivity contribution >= 4 is 33.2 Å². The molecule has 3 aromatic rings. The fraction of sp³-hybridized carbons (Fsp3) is 0.111. The van der Waals surface area contributed by atoms with Gasteiger partial charge in [-0.1, -0.05) is 6.07 Å². The van der Waals surface area contributed by atoms with Crippen LogP contribution in [-0.4, -0.2) is 28.4 Å². The molecule has 1 aromatic carbocycles. The number of hydrogen-bond acceptors (Lipinski definition) is 3. The van der Waals surface area contributed by atoms with Gasteiger partial charge in [0.2, 0.25) is 5.78 Å². The first-order valence-electron chi connectivity index (χ1n) is 7.17. The Kier molecular flexibility index (Phi) is 4.15. The van der Waals surface area contributed by atoms with Crippen LogP contribution in [0.25, 0.3) is 5.52 Å². The SMILES string of the molecule is COc1c(C)c(C(=O)c2ccc(Br)c(C(=O)O)c2)n2ccccc12. The summed E-state index contributed by atoms with van der Waals surface area (Å²) in [6, 6.07) is 10.1. The Labute approximate surface area is 146 Å². The van der Waals surface area contributed by atoms with E-state index >= 15 is 0 Å². The molecule has 1 N–H and O–H groups in total. The molecule has 24 heavy (non-hydrogen) atoms. The van der Waals surface area contributed by atoms with Crippen molar-refractivity contribution in [1.29, 1.82) is 0 Å². The van der Waals surface area contributed by atoms with Gasteiger partial charge < -0.3 is 14.2 Å². The highest BCUT2D eigenvalue weighted by Gasteiger charge is 2.23. The monoisotopic (exact) mass is 387 g/mol. The van der Waals surface area contributed by atoms with Crippen LogP contribution in [0.2, 0.25) is 0 Å². The maximum absolute atomic E-state index is 13.0. The number of carbonyl (C=O) groups excluding carboxylic acids is 1. The van der Waals surface area contributed by atoms with Crippen LogP contribution >= 0.6 is 15.9 Å². The second-order valence-electron chi connectivity index (χ2n) is 5.29. The van der Waals surface area contributed by atoms with E-state index in [1.165, 1.54) is 6.07 Å². The number of hydrogen-bond donors (Lipinski definition) is 1. The maximum Gasteiger partial charge on any atom is 0.336 e. The molecule has 2 aromatic heterocycles. The van der Waals surface area contributed by atoms with Gasteiger partial charge in [0.05, 0.1) is 18.2 Å². The van der Waals surface area contributed by atoms with Crippen molar-refractivity contribution in [2.45, 2.75) is 6.92 Å². The number of nitrogens with zero attached hydrogens (tertiary/aromatic N) is 1. The number of benzene rings is 1. The zero-order chi connectivity index (χ0) is 17.4. The minimum Gasteiger partial charge on any atom is -0.494 e. The number of carboxylic acid groups (broad SMARTS) is 1. The van der Waals surface area contributed by atoms with Gasteiger partial charge in [0, 0.05) is 21.8 Å². The van der Waals surface area contributed by atoms with E-state index in [9.17, 15) is 14.7 Å². The van der Waals surface area contributed by atoms with E-state index in [0.717, 1.165) is 5.52 Å². The lowest BCUT2D eigenvalue weighted by Gasteiger charge is -2.06. The lowest BCUT2D eigenvalue weighted by molar-refractivity contribution is 0.0696. The summed E-state index contributed by atoms with van der Waals surface area (Å²) < 4.78 is 7.63. The molecule has 6 heteroatoms. The van der Waals surface area contributed by atoms with Gasteiger partial charge in [-0.15, -0.1) is 0 Å². The third-order valence-electron chi connectivity index (χ3n) is 3.91. The van der Waals surface area contributed by atoms with Crippen LogP contribution in [0.1, 0.15) is 32.0 Å². The number of aromatic nitrogens is 1. The predicted molar refractivity (Wildman–Crippen MR) is 93.2 cm³/mol. The van der Waals surface area contributed by atoms with E-state index in [0.29, 0.717) is 27.0 Å². The van der Waals surface area contributed by atoms with E-state index in [1.807, 2.05) is 25.1 Å². The molecule has 0 saturated carbocycles. The van der Waals surface area contributed by atoms with Crippen LogP contribution < -0.4 is 4.74 Å². The molecule has 0 aliphatic carbocycles. The molecule has 0 saturated heterocycles. The highest BCUT2D eigenvalue weighted by atomic mass is 79.9. The average Bonchev–Trinajstić information content (AvgIpc) is 2.85. The predicted octanol–water partition coefficient (Wildman–Crippen LogP) is 3.95. The minimum atomic E-state index is -1.09. The molecule has 0 aliphatic rings. The number of aromatic carboxylic acids is 1. The molecule has 2 heterocycles. The fourth-order valence-electron chi connectivity index (χ4n) is 2.81. The number of pyridine rings is 1. The summed E-state index contributed by atoms with van der Waals surface area (Å²) in [6.07, 6.45) is 1.79. The zero-order valence-electron chi connectivity index (χ0n) is 13.0. The number of methoxy groups -OCH3 is 1. The van der Waals surface area contributed by atoms with Crippen molar-refractivity contribution in [3.05, 3.63) is 69.5 Å². The van der Waals surface area contributed by atoms with Gasteiger partial charge in [-0.25, -0.2) is 4.79 Å². The van der Waals surface area contributed by atoms with Gasteiger partial charge in [-0.05, 0) is 53.2 Å². The first kappa shape index (κ1) is 16.3. The van der Waals surface area contributed by atoms with E-state index in [-0.39, 0.29) is 11.3 Å². The van der Waals surface area contributed by atoms with Crippen LogP contribution in [0, 0.1) is 6.92 Å². The molecule has 5 nitrogen and oxygen atoms in total. The summed E-state index contributed by atoms with van der Waals surface area (Å²) in [5.74, 6) is -0.715. The topological polar surface area (TPSA) is 68.0 Å². The Hall–Kier alpha value is -2.60. The lowest BCUT2D eigenvalue weighted by Crippen LogP contribution is -2.09. The van der Waals surface area contributed by atoms with Crippen molar-refractivity contribution in [3.8, 4) is 5.75 Å². The highest BCUT2D eigenvalue weighted by molar-refractivity contribution is 9.10. The van der Waals surface area contributed by atoms with Gasteiger partial charge in [-0.3, -0.25) is 4.79 Å². The van der Waals surface area contributed by atoms with Gasteiger partial charge in [0.1, 0.15) is 11.4 Å². The molecule has 3 rings (SSSR count). The molecule has 0 atom stereocenters. The molecule has 0 amide bonds. The van der Waals surface area contributed by atoms with E-state index in [4.69, 9.17) is 4.74 Å². The van der Waals surface area contributed by atoms with Crippen molar-refractivity contribution < 1.29 is 19.4 Å². The Balaban J connectivity index is 2.22. The van der Waals surface area contributed by atoms with Gasteiger partial charge in [-0.2, -0.15) is 0 Å². The van der Waals surface area contributed by atoms with Crippen LogP contribution in [0.5, 0.6) is 5.75 Å². The van der Waals surface area contributed by atoms with E-state index < -0.39 is 5.97 Å². The summed E-state index contributed by atoms with van der Waals surface area (Å²) in [5.41, 5.74) is 2.32. The first-order chi connectivity index (χ1) is 11.5. The maximum atomic E-state index is 13.0. The number of rotatable bonds is 4. The summed E-state index contributed by atoms with van der Waals surface area (Å²) in [7, 11) is 1.56. The van der Waals surface area contributed by atoms with Crippen LogP contribution in [0.15, 0.2) is 47.1 Å². The molecular formula is C18H14BrNO4. The van der Waals surface area contributed by atoms with Crippen molar-refractivity contribution in [3.63, 3.8) is 0 Å². The van der Waals surface area contributed by atoms with Gasteiger partial charge in [0.15, 0.2) is 0 Å². The van der Waals surface area contributed by atoms with Gasteiger partial charge in [0.25, 0.3) is 0 Å². The Morgan fingerprint density at radius 2 is 1.96 bits per heavy atom. The Morgan fingerprint density at radius 1 is 1.21 bits per heavy atom. The standard InChI is InChI=1S/C18H14BrNO4/c1-10-15(20-8-4-3-5-14(20)17(10)24-2)16(21)11-6-7-13(19)12(9-11)18(22)23/h3-9H,1-2H3,(H,22,23). The number of carbonyl (C=O) groups is 2. The van der Waals surface area contributed by atoms with Crippen LogP contribution in [0.4, 0.5) is 0 Å². The molecule has 0 spiro atoms. The van der Waals surface area contributed by atoms with Crippen LogP contribution in [-0.2, 0) is 0 Å². The summed E-state index contributed by atoms with van der Waals surface area (Å²) in [5, 5.41) is 9.24. The van der Waals surface area contributed by atoms with Gasteiger partial charge >= 0.3 is 5.97 Å². The fourth-order valence-corrected chi connectivity index (χ4v) is 3.22. The number of halogens is 1. The molecule has 0 bridgehead atoms.